The van der Waals surface area contributed by atoms with E-state index in [1.54, 1.807) is 0 Å². The SMILES string of the molecule is COC(=O)c1c(NC2CCCCC2)oc(-c2ccc3ccccc3c2)c1C(=O)OC. The van der Waals surface area contributed by atoms with E-state index in [1.165, 1.54) is 20.6 Å². The van der Waals surface area contributed by atoms with Crippen LogP contribution < -0.4 is 5.32 Å². The number of benzene rings is 2. The van der Waals surface area contributed by atoms with Crippen LogP contribution in [0.5, 0.6) is 0 Å². The number of carbonyl (C=O) groups is 2. The van der Waals surface area contributed by atoms with Crippen LogP contribution in [-0.2, 0) is 9.47 Å². The number of rotatable bonds is 5. The number of anilines is 1. The van der Waals surface area contributed by atoms with E-state index in [4.69, 9.17) is 13.9 Å². The molecule has 1 aromatic heterocycles. The van der Waals surface area contributed by atoms with Crippen LogP contribution in [0.15, 0.2) is 46.9 Å². The van der Waals surface area contributed by atoms with E-state index >= 15 is 0 Å². The summed E-state index contributed by atoms with van der Waals surface area (Å²) in [4.78, 5) is 25.3. The first-order valence-corrected chi connectivity index (χ1v) is 10.2. The second-order valence-electron chi connectivity index (χ2n) is 7.53. The standard InChI is InChI=1S/C24H25NO5/c1-28-23(26)19-20(24(27)29-2)22(25-18-10-4-3-5-11-18)30-21(19)17-13-12-15-8-6-7-9-16(15)14-17/h6-9,12-14,18,25H,3-5,10-11H2,1-2H3. The molecule has 30 heavy (non-hydrogen) atoms. The highest BCUT2D eigenvalue weighted by Gasteiger charge is 2.33. The molecule has 2 aromatic carbocycles. The molecule has 0 radical (unpaired) electrons. The largest absolute Gasteiger partial charge is 0.465 e. The molecule has 1 N–H and O–H groups in total. The average Bonchev–Trinajstić information content (AvgIpc) is 3.17. The Balaban J connectivity index is 1.87. The minimum absolute atomic E-state index is 0.0814. The van der Waals surface area contributed by atoms with Gasteiger partial charge in [-0.25, -0.2) is 9.59 Å². The molecule has 156 valence electrons. The quantitative estimate of drug-likeness (QED) is 0.569. The molecule has 1 aliphatic carbocycles. The van der Waals surface area contributed by atoms with Crippen LogP contribution >= 0.6 is 0 Å². The van der Waals surface area contributed by atoms with Crippen LogP contribution in [0, 0.1) is 0 Å². The number of furan rings is 1. The van der Waals surface area contributed by atoms with Gasteiger partial charge in [-0.3, -0.25) is 0 Å². The Morgan fingerprint density at radius 2 is 1.57 bits per heavy atom. The smallest absolute Gasteiger partial charge is 0.344 e. The summed E-state index contributed by atoms with van der Waals surface area (Å²) >= 11 is 0. The summed E-state index contributed by atoms with van der Waals surface area (Å²) in [6.45, 7) is 0. The molecule has 6 heteroatoms. The number of nitrogens with one attached hydrogen (secondary N) is 1. The van der Waals surface area contributed by atoms with Crippen molar-refractivity contribution in [2.24, 2.45) is 0 Å². The first-order chi connectivity index (χ1) is 14.6. The number of carbonyl (C=O) groups excluding carboxylic acids is 2. The molecule has 0 spiro atoms. The fourth-order valence-corrected chi connectivity index (χ4v) is 4.09. The zero-order chi connectivity index (χ0) is 21.1. The minimum Gasteiger partial charge on any atom is -0.465 e. The van der Waals surface area contributed by atoms with Gasteiger partial charge in [0.05, 0.1) is 14.2 Å². The van der Waals surface area contributed by atoms with E-state index in [0.29, 0.717) is 11.3 Å². The Kier molecular flexibility index (Phi) is 5.74. The predicted molar refractivity (Wildman–Crippen MR) is 115 cm³/mol. The van der Waals surface area contributed by atoms with E-state index in [1.807, 2.05) is 42.5 Å². The molecule has 1 aliphatic rings. The third-order valence-corrected chi connectivity index (χ3v) is 5.64. The van der Waals surface area contributed by atoms with E-state index < -0.39 is 11.9 Å². The van der Waals surface area contributed by atoms with Gasteiger partial charge in [-0.05, 0) is 29.7 Å². The van der Waals surface area contributed by atoms with Gasteiger partial charge in [-0.15, -0.1) is 0 Å². The molecule has 1 fully saturated rings. The van der Waals surface area contributed by atoms with E-state index in [2.05, 4.69) is 5.32 Å². The highest BCUT2D eigenvalue weighted by Crippen LogP contribution is 2.38. The van der Waals surface area contributed by atoms with Crippen LogP contribution in [0.3, 0.4) is 0 Å². The van der Waals surface area contributed by atoms with E-state index in [9.17, 15) is 9.59 Å². The van der Waals surface area contributed by atoms with Crippen molar-refractivity contribution < 1.29 is 23.5 Å². The van der Waals surface area contributed by atoms with E-state index in [-0.39, 0.29) is 23.1 Å². The second-order valence-corrected chi connectivity index (χ2v) is 7.53. The van der Waals surface area contributed by atoms with Crippen molar-refractivity contribution in [3.63, 3.8) is 0 Å². The number of methoxy groups -OCH3 is 2. The van der Waals surface area contributed by atoms with Gasteiger partial charge in [0, 0.05) is 11.6 Å². The molecule has 4 rings (SSSR count). The zero-order valence-corrected chi connectivity index (χ0v) is 17.2. The Labute approximate surface area is 175 Å². The molecule has 6 nitrogen and oxygen atoms in total. The maximum atomic E-state index is 12.7. The molecule has 0 saturated heterocycles. The van der Waals surface area contributed by atoms with Gasteiger partial charge in [-0.2, -0.15) is 0 Å². The Morgan fingerprint density at radius 3 is 2.27 bits per heavy atom. The number of fused-ring (bicyclic) bond motifs is 1. The molecule has 0 aliphatic heterocycles. The minimum atomic E-state index is -0.640. The first-order valence-electron chi connectivity index (χ1n) is 10.2. The number of hydrogen-bond acceptors (Lipinski definition) is 6. The molecule has 0 bridgehead atoms. The lowest BCUT2D eigenvalue weighted by atomic mass is 9.95. The molecule has 0 unspecified atom stereocenters. The average molecular weight is 407 g/mol. The van der Waals surface area contributed by atoms with E-state index in [0.717, 1.165) is 36.5 Å². The normalized spacial score (nSPS) is 14.5. The summed E-state index contributed by atoms with van der Waals surface area (Å²) < 4.78 is 16.1. The third-order valence-electron chi connectivity index (χ3n) is 5.64. The van der Waals surface area contributed by atoms with Crippen LogP contribution in [0.4, 0.5) is 5.88 Å². The zero-order valence-electron chi connectivity index (χ0n) is 17.2. The summed E-state index contributed by atoms with van der Waals surface area (Å²) in [6.07, 6.45) is 5.41. The first kappa shape index (κ1) is 20.0. The fourth-order valence-electron chi connectivity index (χ4n) is 4.09. The van der Waals surface area contributed by atoms with Gasteiger partial charge in [0.2, 0.25) is 5.88 Å². The summed E-state index contributed by atoms with van der Waals surface area (Å²) in [5, 5.41) is 5.41. The van der Waals surface area contributed by atoms with Gasteiger partial charge < -0.3 is 19.2 Å². The summed E-state index contributed by atoms with van der Waals surface area (Å²) in [7, 11) is 2.57. The third kappa shape index (κ3) is 3.77. The van der Waals surface area contributed by atoms with Crippen molar-refractivity contribution in [1.82, 2.24) is 0 Å². The molecular formula is C24H25NO5. The molecule has 1 saturated carbocycles. The lowest BCUT2D eigenvalue weighted by Gasteiger charge is -2.22. The topological polar surface area (TPSA) is 77.8 Å². The van der Waals surface area contributed by atoms with Crippen molar-refractivity contribution >= 4 is 28.6 Å². The highest BCUT2D eigenvalue weighted by molar-refractivity contribution is 6.10. The number of hydrogen-bond donors (Lipinski definition) is 1. The van der Waals surface area contributed by atoms with Crippen LogP contribution in [0.1, 0.15) is 52.8 Å². The van der Waals surface area contributed by atoms with Gasteiger partial charge in [-0.1, -0.05) is 55.7 Å². The maximum Gasteiger partial charge on any atom is 0.344 e. The van der Waals surface area contributed by atoms with Crippen LogP contribution in [0.2, 0.25) is 0 Å². The van der Waals surface area contributed by atoms with Crippen molar-refractivity contribution in [2.75, 3.05) is 19.5 Å². The Hall–Kier alpha value is -3.28. The Bertz CT molecular complexity index is 1080. The fraction of sp³-hybridized carbons (Fsp3) is 0.333. The summed E-state index contributed by atoms with van der Waals surface area (Å²) in [6, 6.07) is 13.9. The highest BCUT2D eigenvalue weighted by atomic mass is 16.5. The monoisotopic (exact) mass is 407 g/mol. The summed E-state index contributed by atoms with van der Waals surface area (Å²) in [5.74, 6) is -0.716. The number of ether oxygens (including phenoxy) is 2. The van der Waals surface area contributed by atoms with Crippen molar-refractivity contribution in [1.29, 1.82) is 0 Å². The molecule has 1 heterocycles. The van der Waals surface area contributed by atoms with Gasteiger partial charge >= 0.3 is 11.9 Å². The lowest BCUT2D eigenvalue weighted by molar-refractivity contribution is 0.0558. The molecule has 0 amide bonds. The predicted octanol–water partition coefficient (Wildman–Crippen LogP) is 5.42. The van der Waals surface area contributed by atoms with Crippen LogP contribution in [-0.4, -0.2) is 32.2 Å². The second kappa shape index (κ2) is 8.61. The van der Waals surface area contributed by atoms with Crippen molar-refractivity contribution in [3.8, 4) is 11.3 Å². The van der Waals surface area contributed by atoms with Gasteiger partial charge in [0.25, 0.3) is 0 Å². The lowest BCUT2D eigenvalue weighted by Crippen LogP contribution is -2.23. The van der Waals surface area contributed by atoms with Gasteiger partial charge in [0.15, 0.2) is 5.76 Å². The summed E-state index contributed by atoms with van der Waals surface area (Å²) in [5.41, 5.74) is 0.854. The Morgan fingerprint density at radius 1 is 0.900 bits per heavy atom. The molecule has 0 atom stereocenters. The van der Waals surface area contributed by atoms with Crippen LogP contribution in [0.25, 0.3) is 22.1 Å². The molecular weight excluding hydrogens is 382 g/mol. The maximum absolute atomic E-state index is 12.7. The number of esters is 2. The molecule has 3 aromatic rings. The van der Waals surface area contributed by atoms with Gasteiger partial charge in [0.1, 0.15) is 11.1 Å². The van der Waals surface area contributed by atoms with Crippen molar-refractivity contribution in [3.05, 3.63) is 53.6 Å². The van der Waals surface area contributed by atoms with Crippen molar-refractivity contribution in [2.45, 2.75) is 38.1 Å².